The van der Waals surface area contributed by atoms with Gasteiger partial charge in [0.05, 0.1) is 0 Å². The number of hydrogen-bond acceptors (Lipinski definition) is 2. The highest BCUT2D eigenvalue weighted by Crippen LogP contribution is 2.27. The second-order valence-corrected chi connectivity index (χ2v) is 6.45. The van der Waals surface area contributed by atoms with E-state index in [-0.39, 0.29) is 17.1 Å². The Morgan fingerprint density at radius 3 is 2.24 bits per heavy atom. The van der Waals surface area contributed by atoms with Gasteiger partial charge in [0.15, 0.2) is 0 Å². The summed E-state index contributed by atoms with van der Waals surface area (Å²) in [5.41, 5.74) is 0.0473. The third-order valence-electron chi connectivity index (χ3n) is 4.84. The molecule has 1 aromatic rings. The van der Waals surface area contributed by atoms with E-state index in [0.717, 1.165) is 13.1 Å². The Hall–Kier alpha value is -1.00. The highest BCUT2D eigenvalue weighted by Gasteiger charge is 2.36. The van der Waals surface area contributed by atoms with Gasteiger partial charge in [0.25, 0.3) is 0 Å². The van der Waals surface area contributed by atoms with Crippen molar-refractivity contribution in [3.63, 3.8) is 0 Å². The quantitative estimate of drug-likeness (QED) is 0.896. The summed E-state index contributed by atoms with van der Waals surface area (Å²) in [5.74, 6) is -0.908. The number of likely N-dealkylation sites (N-methyl/N-ethyl adjacent to an activating group) is 1. The molecule has 0 amide bonds. The minimum Gasteiger partial charge on any atom is -0.315 e. The van der Waals surface area contributed by atoms with E-state index >= 15 is 0 Å². The SMILES string of the molecule is CNC(Cc1c(F)cccc1F)C(C)(C)N1CCCCC1. The van der Waals surface area contributed by atoms with E-state index in [1.165, 1.54) is 37.5 Å². The summed E-state index contributed by atoms with van der Waals surface area (Å²) >= 11 is 0. The number of halogens is 2. The summed E-state index contributed by atoms with van der Waals surface area (Å²) in [6, 6.07) is 4.08. The highest BCUT2D eigenvalue weighted by atomic mass is 19.1. The first-order valence-electron chi connectivity index (χ1n) is 7.82. The number of piperidine rings is 1. The van der Waals surface area contributed by atoms with Crippen LogP contribution in [0.2, 0.25) is 0 Å². The van der Waals surface area contributed by atoms with Crippen LogP contribution in [-0.2, 0) is 6.42 Å². The molecule has 4 heteroatoms. The van der Waals surface area contributed by atoms with Crippen LogP contribution >= 0.6 is 0 Å². The van der Waals surface area contributed by atoms with Gasteiger partial charge in [0.1, 0.15) is 11.6 Å². The molecule has 0 saturated carbocycles. The summed E-state index contributed by atoms with van der Waals surface area (Å²) in [4.78, 5) is 2.44. The highest BCUT2D eigenvalue weighted by molar-refractivity contribution is 5.22. The number of likely N-dealkylation sites (tertiary alicyclic amines) is 1. The molecule has 21 heavy (non-hydrogen) atoms. The van der Waals surface area contributed by atoms with Crippen molar-refractivity contribution in [2.24, 2.45) is 0 Å². The fourth-order valence-electron chi connectivity index (χ4n) is 3.33. The summed E-state index contributed by atoms with van der Waals surface area (Å²) in [5, 5.41) is 3.27. The third kappa shape index (κ3) is 3.61. The lowest BCUT2D eigenvalue weighted by Crippen LogP contribution is -2.59. The molecule has 0 aliphatic carbocycles. The summed E-state index contributed by atoms with van der Waals surface area (Å²) in [7, 11) is 1.87. The zero-order chi connectivity index (χ0) is 15.5. The van der Waals surface area contributed by atoms with E-state index < -0.39 is 11.6 Å². The molecule has 118 valence electrons. The lowest BCUT2D eigenvalue weighted by molar-refractivity contribution is 0.0630. The predicted molar refractivity (Wildman–Crippen MR) is 82.4 cm³/mol. The van der Waals surface area contributed by atoms with Crippen LogP contribution in [0.4, 0.5) is 8.78 Å². The first-order chi connectivity index (χ1) is 9.96. The van der Waals surface area contributed by atoms with E-state index in [0.29, 0.717) is 6.42 Å². The van der Waals surface area contributed by atoms with Crippen molar-refractivity contribution in [1.29, 1.82) is 0 Å². The van der Waals surface area contributed by atoms with Gasteiger partial charge in [-0.05, 0) is 65.4 Å². The Kier molecular flexibility index (Phi) is 5.33. The van der Waals surface area contributed by atoms with E-state index in [2.05, 4.69) is 24.1 Å². The van der Waals surface area contributed by atoms with Gasteiger partial charge >= 0.3 is 0 Å². The monoisotopic (exact) mass is 296 g/mol. The van der Waals surface area contributed by atoms with Crippen molar-refractivity contribution in [2.75, 3.05) is 20.1 Å². The molecule has 1 unspecified atom stereocenters. The van der Waals surface area contributed by atoms with Crippen LogP contribution in [0, 0.1) is 11.6 Å². The Morgan fingerprint density at radius 2 is 1.71 bits per heavy atom. The van der Waals surface area contributed by atoms with Crippen LogP contribution in [0.1, 0.15) is 38.7 Å². The summed E-state index contributed by atoms with van der Waals surface area (Å²) in [6.07, 6.45) is 4.04. The zero-order valence-corrected chi connectivity index (χ0v) is 13.3. The van der Waals surface area contributed by atoms with Crippen molar-refractivity contribution in [3.05, 3.63) is 35.4 Å². The molecule has 1 saturated heterocycles. The van der Waals surface area contributed by atoms with Gasteiger partial charge in [-0.2, -0.15) is 0 Å². The Bertz CT molecular complexity index is 448. The van der Waals surface area contributed by atoms with E-state index in [9.17, 15) is 8.78 Å². The van der Waals surface area contributed by atoms with E-state index in [4.69, 9.17) is 0 Å². The van der Waals surface area contributed by atoms with Gasteiger partial charge < -0.3 is 5.32 Å². The molecule has 1 aliphatic heterocycles. The van der Waals surface area contributed by atoms with Gasteiger partial charge in [-0.15, -0.1) is 0 Å². The molecule has 1 heterocycles. The third-order valence-corrected chi connectivity index (χ3v) is 4.84. The van der Waals surface area contributed by atoms with E-state index in [1.54, 1.807) is 0 Å². The van der Waals surface area contributed by atoms with Crippen LogP contribution < -0.4 is 5.32 Å². The second-order valence-electron chi connectivity index (χ2n) is 6.45. The lowest BCUT2D eigenvalue weighted by atomic mass is 9.86. The molecule has 0 radical (unpaired) electrons. The average molecular weight is 296 g/mol. The smallest absolute Gasteiger partial charge is 0.129 e. The molecule has 1 aliphatic rings. The molecule has 1 fully saturated rings. The fraction of sp³-hybridized carbons (Fsp3) is 0.647. The Morgan fingerprint density at radius 1 is 1.14 bits per heavy atom. The standard InChI is InChI=1S/C17H26F2N2/c1-17(2,21-10-5-4-6-11-21)16(20-3)12-13-14(18)8-7-9-15(13)19/h7-9,16,20H,4-6,10-12H2,1-3H3. The van der Waals surface area contributed by atoms with Crippen molar-refractivity contribution in [1.82, 2.24) is 10.2 Å². The van der Waals surface area contributed by atoms with Crippen LogP contribution in [0.25, 0.3) is 0 Å². The fourth-order valence-corrected chi connectivity index (χ4v) is 3.33. The summed E-state index contributed by atoms with van der Waals surface area (Å²) < 4.78 is 27.8. The number of nitrogens with zero attached hydrogens (tertiary/aromatic N) is 1. The molecule has 1 N–H and O–H groups in total. The van der Waals surface area contributed by atoms with E-state index in [1.807, 2.05) is 7.05 Å². The Balaban J connectivity index is 2.18. The maximum absolute atomic E-state index is 13.9. The predicted octanol–water partition coefficient (Wildman–Crippen LogP) is 3.36. The van der Waals surface area contributed by atoms with Crippen molar-refractivity contribution in [2.45, 2.75) is 51.1 Å². The van der Waals surface area contributed by atoms with Crippen LogP contribution in [-0.4, -0.2) is 36.6 Å². The van der Waals surface area contributed by atoms with Gasteiger partial charge in [-0.25, -0.2) is 8.78 Å². The topological polar surface area (TPSA) is 15.3 Å². The first-order valence-corrected chi connectivity index (χ1v) is 7.82. The maximum Gasteiger partial charge on any atom is 0.129 e. The largest absolute Gasteiger partial charge is 0.315 e. The maximum atomic E-state index is 13.9. The number of benzene rings is 1. The first kappa shape index (κ1) is 16.4. The molecule has 0 aromatic heterocycles. The number of nitrogens with one attached hydrogen (secondary N) is 1. The van der Waals surface area contributed by atoms with Crippen LogP contribution in [0.5, 0.6) is 0 Å². The van der Waals surface area contributed by atoms with Gasteiger partial charge in [-0.3, -0.25) is 4.90 Å². The van der Waals surface area contributed by atoms with Crippen molar-refractivity contribution in [3.8, 4) is 0 Å². The van der Waals surface area contributed by atoms with Crippen molar-refractivity contribution < 1.29 is 8.78 Å². The number of hydrogen-bond donors (Lipinski definition) is 1. The van der Waals surface area contributed by atoms with Crippen LogP contribution in [0.15, 0.2) is 18.2 Å². The molecule has 2 nitrogen and oxygen atoms in total. The number of rotatable bonds is 5. The molecule has 0 bridgehead atoms. The van der Waals surface area contributed by atoms with Gasteiger partial charge in [-0.1, -0.05) is 12.5 Å². The van der Waals surface area contributed by atoms with Gasteiger partial charge in [0.2, 0.25) is 0 Å². The minimum absolute atomic E-state index is 0.00185. The van der Waals surface area contributed by atoms with Gasteiger partial charge in [0, 0.05) is 17.1 Å². The second kappa shape index (κ2) is 6.84. The minimum atomic E-state index is -0.454. The molecule has 1 atom stereocenters. The molecule has 0 spiro atoms. The summed E-state index contributed by atoms with van der Waals surface area (Å²) in [6.45, 7) is 6.45. The van der Waals surface area contributed by atoms with Crippen LogP contribution in [0.3, 0.4) is 0 Å². The molecular formula is C17H26F2N2. The molecular weight excluding hydrogens is 270 g/mol. The molecule has 2 rings (SSSR count). The zero-order valence-electron chi connectivity index (χ0n) is 13.3. The lowest BCUT2D eigenvalue weighted by Gasteiger charge is -2.46. The van der Waals surface area contributed by atoms with Crippen molar-refractivity contribution >= 4 is 0 Å². The molecule has 1 aromatic carbocycles. The normalized spacial score (nSPS) is 18.7. The average Bonchev–Trinajstić information content (AvgIpc) is 2.47. The Labute approximate surface area is 126 Å².